The SMILES string of the molecule is CCC1CCC(C(O)C(C)CCOC)C1. The normalized spacial score (nSPS) is 30.4. The average Bonchev–Trinajstić information content (AvgIpc) is 2.73. The van der Waals surface area contributed by atoms with Crippen molar-refractivity contribution in [1.82, 2.24) is 0 Å². The summed E-state index contributed by atoms with van der Waals surface area (Å²) < 4.78 is 5.06. The molecule has 15 heavy (non-hydrogen) atoms. The largest absolute Gasteiger partial charge is 0.393 e. The van der Waals surface area contributed by atoms with Crippen LogP contribution in [0.3, 0.4) is 0 Å². The van der Waals surface area contributed by atoms with Gasteiger partial charge in [0.05, 0.1) is 6.10 Å². The van der Waals surface area contributed by atoms with Gasteiger partial charge in [-0.2, -0.15) is 0 Å². The summed E-state index contributed by atoms with van der Waals surface area (Å²) >= 11 is 0. The van der Waals surface area contributed by atoms with Crippen LogP contribution in [0.5, 0.6) is 0 Å². The van der Waals surface area contributed by atoms with Crippen molar-refractivity contribution in [2.75, 3.05) is 13.7 Å². The molecule has 0 heterocycles. The highest BCUT2D eigenvalue weighted by Crippen LogP contribution is 2.37. The topological polar surface area (TPSA) is 29.5 Å². The maximum absolute atomic E-state index is 10.2. The third-order valence-electron chi connectivity index (χ3n) is 4.00. The Bertz CT molecular complexity index is 170. The molecule has 2 nitrogen and oxygen atoms in total. The van der Waals surface area contributed by atoms with Crippen molar-refractivity contribution in [3.8, 4) is 0 Å². The van der Waals surface area contributed by atoms with Gasteiger partial charge in [-0.1, -0.05) is 26.7 Å². The molecule has 4 unspecified atom stereocenters. The standard InChI is InChI=1S/C13H26O2/c1-4-11-5-6-12(9-11)13(14)10(2)7-8-15-3/h10-14H,4-9H2,1-3H3. The lowest BCUT2D eigenvalue weighted by atomic mass is 9.88. The Morgan fingerprint density at radius 1 is 1.40 bits per heavy atom. The van der Waals surface area contributed by atoms with Crippen molar-refractivity contribution in [2.45, 2.75) is 52.1 Å². The summed E-state index contributed by atoms with van der Waals surface area (Å²) in [5.41, 5.74) is 0. The van der Waals surface area contributed by atoms with Crippen molar-refractivity contribution in [2.24, 2.45) is 17.8 Å². The minimum atomic E-state index is -0.114. The third-order valence-corrected chi connectivity index (χ3v) is 4.00. The predicted octanol–water partition coefficient (Wildman–Crippen LogP) is 2.85. The first kappa shape index (κ1) is 13.0. The number of aliphatic hydroxyl groups is 1. The van der Waals surface area contributed by atoms with E-state index in [1.807, 2.05) is 0 Å². The van der Waals surface area contributed by atoms with Crippen LogP contribution in [-0.4, -0.2) is 24.9 Å². The second-order valence-electron chi connectivity index (χ2n) is 5.10. The van der Waals surface area contributed by atoms with E-state index in [2.05, 4.69) is 13.8 Å². The molecule has 1 rings (SSSR count). The van der Waals surface area contributed by atoms with E-state index in [-0.39, 0.29) is 6.10 Å². The maximum atomic E-state index is 10.2. The van der Waals surface area contributed by atoms with Crippen molar-refractivity contribution in [1.29, 1.82) is 0 Å². The molecule has 4 atom stereocenters. The summed E-state index contributed by atoms with van der Waals surface area (Å²) in [4.78, 5) is 0. The Morgan fingerprint density at radius 3 is 2.67 bits per heavy atom. The monoisotopic (exact) mass is 214 g/mol. The lowest BCUT2D eigenvalue weighted by Crippen LogP contribution is -2.26. The molecule has 1 aliphatic rings. The van der Waals surface area contributed by atoms with Gasteiger partial charge in [-0.05, 0) is 37.0 Å². The number of methoxy groups -OCH3 is 1. The fourth-order valence-corrected chi connectivity index (χ4v) is 2.73. The summed E-state index contributed by atoms with van der Waals surface area (Å²) in [6, 6.07) is 0. The van der Waals surface area contributed by atoms with Gasteiger partial charge < -0.3 is 9.84 Å². The summed E-state index contributed by atoms with van der Waals surface area (Å²) in [6.45, 7) is 5.17. The summed E-state index contributed by atoms with van der Waals surface area (Å²) in [5, 5.41) is 10.2. The van der Waals surface area contributed by atoms with Crippen molar-refractivity contribution < 1.29 is 9.84 Å². The molecular weight excluding hydrogens is 188 g/mol. The van der Waals surface area contributed by atoms with Gasteiger partial charge in [-0.3, -0.25) is 0 Å². The summed E-state index contributed by atoms with van der Waals surface area (Å²) in [5.74, 6) is 1.78. The van der Waals surface area contributed by atoms with E-state index in [9.17, 15) is 5.11 Å². The first-order valence-corrected chi connectivity index (χ1v) is 6.36. The van der Waals surface area contributed by atoms with Crippen LogP contribution < -0.4 is 0 Å². The first-order valence-electron chi connectivity index (χ1n) is 6.36. The van der Waals surface area contributed by atoms with Gasteiger partial charge in [0, 0.05) is 13.7 Å². The second-order valence-corrected chi connectivity index (χ2v) is 5.10. The van der Waals surface area contributed by atoms with Crippen molar-refractivity contribution >= 4 is 0 Å². The van der Waals surface area contributed by atoms with E-state index in [0.717, 1.165) is 18.9 Å². The van der Waals surface area contributed by atoms with Gasteiger partial charge >= 0.3 is 0 Å². The number of hydrogen-bond donors (Lipinski definition) is 1. The van der Waals surface area contributed by atoms with Crippen LogP contribution >= 0.6 is 0 Å². The second kappa shape index (κ2) is 6.49. The average molecular weight is 214 g/mol. The summed E-state index contributed by atoms with van der Waals surface area (Å²) in [6.07, 6.45) is 5.90. The molecular formula is C13H26O2. The van der Waals surface area contributed by atoms with E-state index in [1.165, 1.54) is 25.7 Å². The van der Waals surface area contributed by atoms with E-state index in [4.69, 9.17) is 4.74 Å². The number of ether oxygens (including phenoxy) is 1. The minimum absolute atomic E-state index is 0.114. The van der Waals surface area contributed by atoms with Gasteiger partial charge in [0.1, 0.15) is 0 Å². The minimum Gasteiger partial charge on any atom is -0.393 e. The molecule has 2 heteroatoms. The fraction of sp³-hybridized carbons (Fsp3) is 1.00. The molecule has 0 aromatic heterocycles. The van der Waals surface area contributed by atoms with E-state index in [0.29, 0.717) is 11.8 Å². The highest BCUT2D eigenvalue weighted by molar-refractivity contribution is 4.82. The molecule has 0 aliphatic heterocycles. The molecule has 1 aliphatic carbocycles. The van der Waals surface area contributed by atoms with Crippen LogP contribution in [0, 0.1) is 17.8 Å². The van der Waals surface area contributed by atoms with Gasteiger partial charge in [0.2, 0.25) is 0 Å². The first-order chi connectivity index (χ1) is 7.19. The molecule has 0 saturated heterocycles. The van der Waals surface area contributed by atoms with Gasteiger partial charge in [0.25, 0.3) is 0 Å². The zero-order valence-electron chi connectivity index (χ0n) is 10.4. The molecule has 90 valence electrons. The van der Waals surface area contributed by atoms with Gasteiger partial charge in [-0.15, -0.1) is 0 Å². The lowest BCUT2D eigenvalue weighted by molar-refractivity contribution is 0.0421. The highest BCUT2D eigenvalue weighted by atomic mass is 16.5. The van der Waals surface area contributed by atoms with Crippen LogP contribution in [0.25, 0.3) is 0 Å². The number of aliphatic hydroxyl groups excluding tert-OH is 1. The van der Waals surface area contributed by atoms with Crippen LogP contribution in [-0.2, 0) is 4.74 Å². The lowest BCUT2D eigenvalue weighted by Gasteiger charge is -2.24. The Labute approximate surface area is 94.0 Å². The molecule has 0 spiro atoms. The molecule has 1 fully saturated rings. The highest BCUT2D eigenvalue weighted by Gasteiger charge is 2.31. The van der Waals surface area contributed by atoms with Gasteiger partial charge in [-0.25, -0.2) is 0 Å². The smallest absolute Gasteiger partial charge is 0.0594 e. The predicted molar refractivity (Wildman–Crippen MR) is 62.8 cm³/mol. The quantitative estimate of drug-likeness (QED) is 0.736. The molecule has 0 amide bonds. The Hall–Kier alpha value is -0.0800. The molecule has 0 aromatic rings. The van der Waals surface area contributed by atoms with E-state index < -0.39 is 0 Å². The molecule has 1 saturated carbocycles. The number of rotatable bonds is 6. The fourth-order valence-electron chi connectivity index (χ4n) is 2.73. The maximum Gasteiger partial charge on any atom is 0.0594 e. The van der Waals surface area contributed by atoms with Crippen LogP contribution in [0.4, 0.5) is 0 Å². The molecule has 1 N–H and O–H groups in total. The van der Waals surface area contributed by atoms with Crippen LogP contribution in [0.15, 0.2) is 0 Å². The zero-order chi connectivity index (χ0) is 11.3. The molecule has 0 aromatic carbocycles. The van der Waals surface area contributed by atoms with Gasteiger partial charge in [0.15, 0.2) is 0 Å². The van der Waals surface area contributed by atoms with E-state index >= 15 is 0 Å². The zero-order valence-corrected chi connectivity index (χ0v) is 10.4. The number of hydrogen-bond acceptors (Lipinski definition) is 2. The Balaban J connectivity index is 2.30. The van der Waals surface area contributed by atoms with E-state index in [1.54, 1.807) is 7.11 Å². The van der Waals surface area contributed by atoms with Crippen molar-refractivity contribution in [3.63, 3.8) is 0 Å². The molecule has 0 radical (unpaired) electrons. The Morgan fingerprint density at radius 2 is 2.13 bits per heavy atom. The third kappa shape index (κ3) is 3.76. The van der Waals surface area contributed by atoms with Crippen LogP contribution in [0.1, 0.15) is 46.0 Å². The van der Waals surface area contributed by atoms with Crippen molar-refractivity contribution in [3.05, 3.63) is 0 Å². The Kier molecular flexibility index (Phi) is 5.62. The summed E-state index contributed by atoms with van der Waals surface area (Å²) in [7, 11) is 1.72. The van der Waals surface area contributed by atoms with Crippen LogP contribution in [0.2, 0.25) is 0 Å². The molecule has 0 bridgehead atoms.